The van der Waals surface area contributed by atoms with E-state index < -0.39 is 17.8 Å². The van der Waals surface area contributed by atoms with Gasteiger partial charge in [-0.2, -0.15) is 11.8 Å². The van der Waals surface area contributed by atoms with Gasteiger partial charge >= 0.3 is 5.97 Å². The molecule has 0 aromatic heterocycles. The lowest BCUT2D eigenvalue weighted by Gasteiger charge is -2.15. The van der Waals surface area contributed by atoms with E-state index in [1.807, 2.05) is 0 Å². The van der Waals surface area contributed by atoms with E-state index in [1.165, 1.54) is 56.9 Å². The number of primary amides is 1. The molecule has 34 heavy (non-hydrogen) atoms. The molecular weight excluding hydrogens is 446 g/mol. The van der Waals surface area contributed by atoms with Crippen LogP contribution < -0.4 is 5.73 Å². The predicted molar refractivity (Wildman–Crippen MR) is 145 cm³/mol. The zero-order chi connectivity index (χ0) is 25.9. The first kappa shape index (κ1) is 32.7. The van der Waals surface area contributed by atoms with Gasteiger partial charge in [-0.3, -0.25) is 14.4 Å². The highest BCUT2D eigenvalue weighted by atomic mass is 32.2. The molecular formula is C28H51NO4S. The maximum absolute atomic E-state index is 11.8. The Morgan fingerprint density at radius 1 is 0.853 bits per heavy atom. The quantitative estimate of drug-likeness (QED) is 0.124. The second kappa shape index (κ2) is 19.9. The molecule has 0 saturated carbocycles. The minimum atomic E-state index is -0.959. The Morgan fingerprint density at radius 2 is 1.41 bits per heavy atom. The lowest BCUT2D eigenvalue weighted by molar-refractivity contribution is -0.142. The third kappa shape index (κ3) is 20.1. The van der Waals surface area contributed by atoms with Gasteiger partial charge in [-0.15, -0.1) is 0 Å². The molecule has 0 saturated heterocycles. The summed E-state index contributed by atoms with van der Waals surface area (Å²) in [5.74, 6) is 1.18. The number of ketones is 1. The summed E-state index contributed by atoms with van der Waals surface area (Å²) in [4.78, 5) is 34.0. The number of carbonyl (C=O) groups is 3. The van der Waals surface area contributed by atoms with Crippen LogP contribution in [0.3, 0.4) is 0 Å². The van der Waals surface area contributed by atoms with Crippen LogP contribution >= 0.6 is 11.8 Å². The summed E-state index contributed by atoms with van der Waals surface area (Å²) >= 11 is 1.54. The number of amides is 1. The third-order valence-corrected chi connectivity index (χ3v) is 7.52. The van der Waals surface area contributed by atoms with Crippen molar-refractivity contribution in [1.82, 2.24) is 0 Å². The number of hydrogen-bond donors (Lipinski definition) is 2. The average Bonchev–Trinajstić information content (AvgIpc) is 2.73. The predicted octanol–water partition coefficient (Wildman–Crippen LogP) is 7.03. The highest BCUT2D eigenvalue weighted by Crippen LogP contribution is 2.22. The van der Waals surface area contributed by atoms with Crippen molar-refractivity contribution in [1.29, 1.82) is 0 Å². The van der Waals surface area contributed by atoms with Gasteiger partial charge < -0.3 is 10.8 Å². The molecule has 3 atom stereocenters. The number of carbonyl (C=O) groups excluding carboxylic acids is 2. The zero-order valence-electron chi connectivity index (χ0n) is 22.4. The Balaban J connectivity index is 3.99. The molecule has 0 aliphatic rings. The normalized spacial score (nSPS) is 14.7. The van der Waals surface area contributed by atoms with Crippen molar-refractivity contribution in [2.24, 2.45) is 29.4 Å². The first-order chi connectivity index (χ1) is 16.0. The molecule has 3 N–H and O–H groups in total. The Hall–Kier alpha value is -1.30. The lowest BCUT2D eigenvalue weighted by atomic mass is 9.91. The summed E-state index contributed by atoms with van der Waals surface area (Å²) in [6.07, 6.45) is 13.8. The molecule has 0 radical (unpaired) electrons. The summed E-state index contributed by atoms with van der Waals surface area (Å²) in [5.41, 5.74) is 6.39. The van der Waals surface area contributed by atoms with E-state index in [1.54, 1.807) is 11.8 Å². The first-order valence-electron chi connectivity index (χ1n) is 13.3. The van der Waals surface area contributed by atoms with Gasteiger partial charge in [0, 0.05) is 30.8 Å². The summed E-state index contributed by atoms with van der Waals surface area (Å²) in [6.45, 7) is 11.5. The molecule has 3 unspecified atom stereocenters. The molecule has 5 nitrogen and oxygen atoms in total. The summed E-state index contributed by atoms with van der Waals surface area (Å²) in [6, 6.07) is 0. The van der Waals surface area contributed by atoms with E-state index in [2.05, 4.69) is 40.7 Å². The number of allylic oxidation sites excluding steroid dienone is 1. The summed E-state index contributed by atoms with van der Waals surface area (Å²) < 4.78 is 0. The minimum absolute atomic E-state index is 0.0174. The van der Waals surface area contributed by atoms with Crippen LogP contribution in [0.15, 0.2) is 11.6 Å². The Labute approximate surface area is 213 Å². The van der Waals surface area contributed by atoms with E-state index in [0.29, 0.717) is 5.75 Å². The van der Waals surface area contributed by atoms with Gasteiger partial charge in [-0.25, -0.2) is 0 Å². The van der Waals surface area contributed by atoms with Crippen molar-refractivity contribution in [3.05, 3.63) is 11.6 Å². The molecule has 0 bridgehead atoms. The van der Waals surface area contributed by atoms with Gasteiger partial charge in [0.25, 0.3) is 0 Å². The number of rotatable bonds is 22. The van der Waals surface area contributed by atoms with Crippen molar-refractivity contribution in [3.8, 4) is 0 Å². The molecule has 0 aromatic rings. The van der Waals surface area contributed by atoms with Crippen LogP contribution in [0, 0.1) is 23.7 Å². The fourth-order valence-corrected chi connectivity index (χ4v) is 5.16. The van der Waals surface area contributed by atoms with Crippen molar-refractivity contribution in [2.75, 3.05) is 11.5 Å². The molecule has 0 aliphatic heterocycles. The second-order valence-electron chi connectivity index (χ2n) is 10.7. The van der Waals surface area contributed by atoms with Crippen molar-refractivity contribution < 1.29 is 19.5 Å². The van der Waals surface area contributed by atoms with E-state index in [0.717, 1.165) is 29.9 Å². The Bertz CT molecular complexity index is 618. The summed E-state index contributed by atoms with van der Waals surface area (Å²) in [7, 11) is 0. The third-order valence-electron chi connectivity index (χ3n) is 6.48. The molecule has 0 fully saturated rings. The maximum atomic E-state index is 11.8. The number of nitrogens with two attached hydrogens (primary N) is 1. The van der Waals surface area contributed by atoms with Crippen molar-refractivity contribution in [2.45, 2.75) is 112 Å². The van der Waals surface area contributed by atoms with Crippen LogP contribution in [0.25, 0.3) is 0 Å². The van der Waals surface area contributed by atoms with E-state index >= 15 is 0 Å². The van der Waals surface area contributed by atoms with Crippen LogP contribution in [-0.4, -0.2) is 34.3 Å². The lowest BCUT2D eigenvalue weighted by Crippen LogP contribution is -2.21. The number of hydrogen-bond acceptors (Lipinski definition) is 4. The first-order valence-corrected chi connectivity index (χ1v) is 14.4. The van der Waals surface area contributed by atoms with Crippen LogP contribution in [0.4, 0.5) is 0 Å². The van der Waals surface area contributed by atoms with Gasteiger partial charge in [0.15, 0.2) is 0 Å². The standard InChI is InChI=1S/C28H51NO4S/c1-21(2)9-6-10-22(3)11-7-12-23(4)13-8-14-24(5)17-18-34-20-25(28(32)33)19-26(30)15-16-27(29)31/h17,21-23,25H,6-16,18-20H2,1-5H3,(H2,29,31)(H,32,33)/b24-17+. The maximum Gasteiger partial charge on any atom is 0.307 e. The minimum Gasteiger partial charge on any atom is -0.481 e. The number of carboxylic acids is 1. The van der Waals surface area contributed by atoms with Crippen molar-refractivity contribution >= 4 is 29.4 Å². The largest absolute Gasteiger partial charge is 0.481 e. The second-order valence-corrected chi connectivity index (χ2v) is 11.8. The molecule has 0 aliphatic carbocycles. The molecule has 198 valence electrons. The van der Waals surface area contributed by atoms with E-state index in [-0.39, 0.29) is 25.0 Å². The topological polar surface area (TPSA) is 97.5 Å². The SMILES string of the molecule is C/C(=C\CSCC(CC(=O)CCC(N)=O)C(=O)O)CCCC(C)CCCC(C)CCCC(C)C. The number of aliphatic carboxylic acids is 1. The Morgan fingerprint density at radius 3 is 1.94 bits per heavy atom. The highest BCUT2D eigenvalue weighted by Gasteiger charge is 2.21. The van der Waals surface area contributed by atoms with Gasteiger partial charge in [0.05, 0.1) is 5.92 Å². The number of thioether (sulfide) groups is 1. The van der Waals surface area contributed by atoms with Crippen molar-refractivity contribution in [3.63, 3.8) is 0 Å². The molecule has 0 spiro atoms. The average molecular weight is 498 g/mol. The van der Waals surface area contributed by atoms with Gasteiger partial charge in [-0.1, -0.05) is 84.3 Å². The highest BCUT2D eigenvalue weighted by molar-refractivity contribution is 7.99. The molecule has 0 heterocycles. The van der Waals surface area contributed by atoms with Gasteiger partial charge in [0.2, 0.25) is 5.91 Å². The number of carboxylic acid groups (broad SMARTS) is 1. The molecule has 0 rings (SSSR count). The van der Waals surface area contributed by atoms with E-state index in [9.17, 15) is 19.5 Å². The van der Waals surface area contributed by atoms with E-state index in [4.69, 9.17) is 5.73 Å². The monoisotopic (exact) mass is 497 g/mol. The van der Waals surface area contributed by atoms with Crippen LogP contribution in [0.2, 0.25) is 0 Å². The molecule has 6 heteroatoms. The summed E-state index contributed by atoms with van der Waals surface area (Å²) in [5, 5.41) is 9.35. The molecule has 1 amide bonds. The fraction of sp³-hybridized carbons (Fsp3) is 0.821. The zero-order valence-corrected chi connectivity index (χ0v) is 23.3. The smallest absolute Gasteiger partial charge is 0.307 e. The fourth-order valence-electron chi connectivity index (χ4n) is 4.08. The number of Topliss-reactive ketones (excluding diaryl/α,β-unsaturated/α-hetero) is 1. The van der Waals surface area contributed by atoms with Gasteiger partial charge in [-0.05, 0) is 37.5 Å². The van der Waals surface area contributed by atoms with Gasteiger partial charge in [0.1, 0.15) is 5.78 Å². The Kier molecular flexibility index (Phi) is 19.2. The van der Waals surface area contributed by atoms with Crippen LogP contribution in [0.1, 0.15) is 112 Å². The van der Waals surface area contributed by atoms with Crippen LogP contribution in [-0.2, 0) is 14.4 Å². The molecule has 0 aromatic carbocycles. The van der Waals surface area contributed by atoms with Crippen LogP contribution in [0.5, 0.6) is 0 Å².